The molecule has 1 aromatic rings. The Hall–Kier alpha value is -0.770. The van der Waals surface area contributed by atoms with E-state index in [1.807, 2.05) is 28.7 Å². The summed E-state index contributed by atoms with van der Waals surface area (Å²) in [5.74, 6) is 0. The van der Waals surface area contributed by atoms with Gasteiger partial charge in [0, 0.05) is 3.57 Å². The third-order valence-corrected chi connectivity index (χ3v) is 3.11. The van der Waals surface area contributed by atoms with E-state index in [9.17, 15) is 13.2 Å². The van der Waals surface area contributed by atoms with E-state index in [0.717, 1.165) is 6.07 Å². The fourth-order valence-corrected chi connectivity index (χ4v) is 1.91. The van der Waals surface area contributed by atoms with Gasteiger partial charge in [0.1, 0.15) is 0 Å². The summed E-state index contributed by atoms with van der Waals surface area (Å²) in [7, 11) is 0. The molecule has 0 bridgehead atoms. The lowest BCUT2D eigenvalue weighted by atomic mass is 10.0. The van der Waals surface area contributed by atoms with Crippen LogP contribution >= 0.6 is 22.6 Å². The molecule has 0 atom stereocenters. The molecule has 1 nitrogen and oxygen atoms in total. The molecule has 0 fully saturated rings. The van der Waals surface area contributed by atoms with Gasteiger partial charge in [0.2, 0.25) is 0 Å². The fraction of sp³-hybridized carbons (Fsp3) is 0.300. The van der Waals surface area contributed by atoms with Gasteiger partial charge in [-0.3, -0.25) is 0 Å². The Labute approximate surface area is 99.0 Å². The van der Waals surface area contributed by atoms with Crippen LogP contribution in [0.3, 0.4) is 0 Å². The molecular formula is C10H7F3IN. The SMILES string of the molecule is Cc1c(I)cc(CC#N)cc1C(F)(F)F. The average Bonchev–Trinajstić information content (AvgIpc) is 2.09. The molecule has 0 N–H and O–H groups in total. The monoisotopic (exact) mass is 325 g/mol. The molecule has 0 heterocycles. The van der Waals surface area contributed by atoms with E-state index in [2.05, 4.69) is 0 Å². The largest absolute Gasteiger partial charge is 0.416 e. The van der Waals surface area contributed by atoms with E-state index in [4.69, 9.17) is 5.26 Å². The maximum Gasteiger partial charge on any atom is 0.416 e. The Morgan fingerprint density at radius 3 is 2.47 bits per heavy atom. The molecule has 15 heavy (non-hydrogen) atoms. The van der Waals surface area contributed by atoms with Gasteiger partial charge >= 0.3 is 6.18 Å². The van der Waals surface area contributed by atoms with Crippen LogP contribution in [0.1, 0.15) is 16.7 Å². The van der Waals surface area contributed by atoms with Crippen LogP contribution in [-0.4, -0.2) is 0 Å². The standard InChI is InChI=1S/C10H7F3IN/c1-6-8(10(11,12)13)4-7(2-3-15)5-9(6)14/h4-5H,2H2,1H3. The Kier molecular flexibility index (Phi) is 3.60. The van der Waals surface area contributed by atoms with Crippen LogP contribution in [0.5, 0.6) is 0 Å². The highest BCUT2D eigenvalue weighted by molar-refractivity contribution is 14.1. The number of halogens is 4. The van der Waals surface area contributed by atoms with Gasteiger partial charge in [-0.1, -0.05) is 0 Å². The van der Waals surface area contributed by atoms with Crippen molar-refractivity contribution in [2.45, 2.75) is 19.5 Å². The van der Waals surface area contributed by atoms with Crippen molar-refractivity contribution in [1.29, 1.82) is 5.26 Å². The molecule has 0 saturated heterocycles. The van der Waals surface area contributed by atoms with E-state index in [1.165, 1.54) is 6.92 Å². The first kappa shape index (κ1) is 12.3. The first-order valence-electron chi connectivity index (χ1n) is 4.09. The molecule has 0 unspecified atom stereocenters. The molecule has 0 aliphatic carbocycles. The van der Waals surface area contributed by atoms with Crippen LogP contribution in [0.15, 0.2) is 12.1 Å². The second kappa shape index (κ2) is 4.39. The van der Waals surface area contributed by atoms with Crippen molar-refractivity contribution in [3.8, 4) is 6.07 Å². The molecule has 1 aromatic carbocycles. The summed E-state index contributed by atoms with van der Waals surface area (Å²) >= 11 is 1.85. The minimum atomic E-state index is -4.35. The smallest absolute Gasteiger partial charge is 0.198 e. The second-order valence-electron chi connectivity index (χ2n) is 3.08. The molecule has 0 spiro atoms. The summed E-state index contributed by atoms with van der Waals surface area (Å²) < 4.78 is 38.2. The van der Waals surface area contributed by atoms with Crippen LogP contribution in [0.25, 0.3) is 0 Å². The van der Waals surface area contributed by atoms with Crippen LogP contribution in [0.4, 0.5) is 13.2 Å². The third kappa shape index (κ3) is 2.84. The van der Waals surface area contributed by atoms with Gasteiger partial charge in [0.25, 0.3) is 0 Å². The predicted octanol–water partition coefficient (Wildman–Crippen LogP) is 3.68. The van der Waals surface area contributed by atoms with Crippen LogP contribution in [0.2, 0.25) is 0 Å². The summed E-state index contributed by atoms with van der Waals surface area (Å²) in [4.78, 5) is 0. The van der Waals surface area contributed by atoms with Crippen molar-refractivity contribution in [1.82, 2.24) is 0 Å². The van der Waals surface area contributed by atoms with Gasteiger partial charge in [0.15, 0.2) is 0 Å². The Morgan fingerprint density at radius 2 is 2.00 bits per heavy atom. The molecule has 5 heteroatoms. The number of alkyl halides is 3. The maximum atomic E-state index is 12.6. The highest BCUT2D eigenvalue weighted by atomic mass is 127. The van der Waals surface area contributed by atoms with Crippen molar-refractivity contribution >= 4 is 22.6 Å². The highest BCUT2D eigenvalue weighted by Gasteiger charge is 2.33. The van der Waals surface area contributed by atoms with Crippen LogP contribution in [0, 0.1) is 21.8 Å². The highest BCUT2D eigenvalue weighted by Crippen LogP contribution is 2.34. The Bertz CT molecular complexity index is 418. The number of nitrogens with zero attached hydrogens (tertiary/aromatic N) is 1. The van der Waals surface area contributed by atoms with Crippen molar-refractivity contribution in [3.63, 3.8) is 0 Å². The summed E-state index contributed by atoms with van der Waals surface area (Å²) in [5.41, 5.74) is -0.0377. The minimum absolute atomic E-state index is 0.000633. The maximum absolute atomic E-state index is 12.6. The Balaban J connectivity index is 3.33. The van der Waals surface area contributed by atoms with Crippen molar-refractivity contribution in [2.24, 2.45) is 0 Å². The topological polar surface area (TPSA) is 23.8 Å². The summed E-state index contributed by atoms with van der Waals surface area (Å²) in [6, 6.07) is 4.49. The predicted molar refractivity (Wildman–Crippen MR) is 58.2 cm³/mol. The van der Waals surface area contributed by atoms with Gasteiger partial charge in [0.05, 0.1) is 18.1 Å². The normalized spacial score (nSPS) is 11.2. The lowest BCUT2D eigenvalue weighted by Crippen LogP contribution is -2.09. The number of nitriles is 1. The average molecular weight is 325 g/mol. The van der Waals surface area contributed by atoms with Crippen LogP contribution in [-0.2, 0) is 12.6 Å². The number of rotatable bonds is 1. The Morgan fingerprint density at radius 1 is 1.40 bits per heavy atom. The zero-order valence-corrected chi connectivity index (χ0v) is 9.98. The van der Waals surface area contributed by atoms with Crippen molar-refractivity contribution < 1.29 is 13.2 Å². The lowest BCUT2D eigenvalue weighted by molar-refractivity contribution is -0.138. The molecule has 0 aliphatic rings. The number of hydrogen-bond donors (Lipinski definition) is 0. The summed E-state index contributed by atoms with van der Waals surface area (Å²) in [6.45, 7) is 1.43. The van der Waals surface area contributed by atoms with Crippen molar-refractivity contribution in [3.05, 3.63) is 32.4 Å². The summed E-state index contributed by atoms with van der Waals surface area (Å²) in [5, 5.41) is 8.44. The van der Waals surface area contributed by atoms with Crippen molar-refractivity contribution in [2.75, 3.05) is 0 Å². The molecule has 0 amide bonds. The lowest BCUT2D eigenvalue weighted by Gasteiger charge is -2.12. The number of hydrogen-bond acceptors (Lipinski definition) is 1. The zero-order chi connectivity index (χ0) is 11.6. The first-order chi connectivity index (χ1) is 6.86. The van der Waals surface area contributed by atoms with Gasteiger partial charge in [-0.25, -0.2) is 0 Å². The van der Waals surface area contributed by atoms with Gasteiger partial charge in [-0.2, -0.15) is 18.4 Å². The van der Waals surface area contributed by atoms with Gasteiger partial charge in [-0.05, 0) is 52.8 Å². The summed E-state index contributed by atoms with van der Waals surface area (Å²) in [6.07, 6.45) is -4.35. The number of benzene rings is 1. The van der Waals surface area contributed by atoms with E-state index >= 15 is 0 Å². The molecular weight excluding hydrogens is 318 g/mol. The molecule has 0 aliphatic heterocycles. The molecule has 1 rings (SSSR count). The van der Waals surface area contributed by atoms with E-state index in [1.54, 1.807) is 6.07 Å². The van der Waals surface area contributed by atoms with Crippen LogP contribution < -0.4 is 0 Å². The molecule has 0 radical (unpaired) electrons. The zero-order valence-electron chi connectivity index (χ0n) is 7.82. The van der Waals surface area contributed by atoms with E-state index in [-0.39, 0.29) is 12.0 Å². The fourth-order valence-electron chi connectivity index (χ4n) is 1.22. The third-order valence-electron chi connectivity index (χ3n) is 1.99. The van der Waals surface area contributed by atoms with Gasteiger partial charge in [-0.15, -0.1) is 0 Å². The van der Waals surface area contributed by atoms with E-state index in [0.29, 0.717) is 9.13 Å². The second-order valence-corrected chi connectivity index (χ2v) is 4.25. The first-order valence-corrected chi connectivity index (χ1v) is 5.17. The minimum Gasteiger partial charge on any atom is -0.198 e. The molecule has 0 aromatic heterocycles. The molecule has 80 valence electrons. The molecule has 0 saturated carbocycles. The van der Waals surface area contributed by atoms with E-state index < -0.39 is 11.7 Å². The quantitative estimate of drug-likeness (QED) is 0.723. The van der Waals surface area contributed by atoms with Gasteiger partial charge < -0.3 is 0 Å².